The van der Waals surface area contributed by atoms with Crippen LogP contribution in [-0.4, -0.2) is 50.1 Å². The van der Waals surface area contributed by atoms with Crippen LogP contribution in [0.25, 0.3) is 5.69 Å². The summed E-state index contributed by atoms with van der Waals surface area (Å²) in [6.07, 6.45) is 2.05. The number of carbonyl (C=O) groups is 1. The van der Waals surface area contributed by atoms with Crippen molar-refractivity contribution in [2.45, 2.75) is 23.5 Å². The lowest BCUT2D eigenvalue weighted by atomic mass is 10.2. The molecule has 0 radical (unpaired) electrons. The van der Waals surface area contributed by atoms with Crippen LogP contribution < -0.4 is 0 Å². The Morgan fingerprint density at radius 3 is 2.59 bits per heavy atom. The first kappa shape index (κ1) is 19.4. The molecule has 1 aromatic heterocycles. The van der Waals surface area contributed by atoms with Gasteiger partial charge in [0.15, 0.2) is 0 Å². The van der Waals surface area contributed by atoms with Crippen LogP contribution in [0.15, 0.2) is 58.6 Å². The number of aryl methyl sites for hydroxylation is 1. The van der Waals surface area contributed by atoms with Gasteiger partial charge in [-0.3, -0.25) is 4.79 Å². The lowest BCUT2D eigenvalue weighted by molar-refractivity contribution is -0.127. The lowest BCUT2D eigenvalue weighted by Crippen LogP contribution is -2.27. The molecule has 0 spiro atoms. The minimum atomic E-state index is 0.0354. The molecular weight excluding hydrogens is 378 g/mol. The summed E-state index contributed by atoms with van der Waals surface area (Å²) >= 11 is 3.05. The predicted molar refractivity (Wildman–Crippen MR) is 109 cm³/mol. The van der Waals surface area contributed by atoms with Crippen LogP contribution in [0.4, 0.5) is 0 Å². The number of tetrazole rings is 1. The maximum Gasteiger partial charge on any atom is 0.233 e. The summed E-state index contributed by atoms with van der Waals surface area (Å²) in [5.41, 5.74) is 3.10. The topological polar surface area (TPSA) is 63.9 Å². The Balaban J connectivity index is 1.61. The summed E-state index contributed by atoms with van der Waals surface area (Å²) < 4.78 is 1.68. The molecule has 1 amide bonds. The van der Waals surface area contributed by atoms with Gasteiger partial charge in [0.1, 0.15) is 0 Å². The fourth-order valence-electron chi connectivity index (χ4n) is 2.55. The molecule has 6 nitrogen and oxygen atoms in total. The van der Waals surface area contributed by atoms with E-state index in [0.29, 0.717) is 11.7 Å². The lowest BCUT2D eigenvalue weighted by Gasteiger charge is -2.17. The van der Waals surface area contributed by atoms with E-state index in [0.717, 1.165) is 16.8 Å². The van der Waals surface area contributed by atoms with Gasteiger partial charge in [0.2, 0.25) is 11.1 Å². The minimum absolute atomic E-state index is 0.0354. The van der Waals surface area contributed by atoms with Crippen molar-refractivity contribution in [2.75, 3.05) is 19.1 Å². The molecule has 0 atom stereocenters. The van der Waals surface area contributed by atoms with Gasteiger partial charge in [0.25, 0.3) is 0 Å². The largest absolute Gasteiger partial charge is 0.341 e. The molecule has 1 heterocycles. The smallest absolute Gasteiger partial charge is 0.233 e. The zero-order chi connectivity index (χ0) is 19.2. The highest BCUT2D eigenvalue weighted by atomic mass is 32.2. The maximum atomic E-state index is 12.5. The van der Waals surface area contributed by atoms with Crippen LogP contribution >= 0.6 is 23.5 Å². The highest BCUT2D eigenvalue weighted by Gasteiger charge is 2.15. The molecule has 0 saturated heterocycles. The number of benzene rings is 2. The van der Waals surface area contributed by atoms with Crippen molar-refractivity contribution in [3.63, 3.8) is 0 Å². The van der Waals surface area contributed by atoms with E-state index in [9.17, 15) is 4.79 Å². The summed E-state index contributed by atoms with van der Waals surface area (Å²) in [7, 11) is 1.82. The first-order valence-corrected chi connectivity index (χ1v) is 10.6. The van der Waals surface area contributed by atoms with E-state index in [2.05, 4.69) is 39.8 Å². The maximum absolute atomic E-state index is 12.5. The van der Waals surface area contributed by atoms with Crippen molar-refractivity contribution < 1.29 is 4.79 Å². The van der Waals surface area contributed by atoms with E-state index in [-0.39, 0.29) is 11.7 Å². The summed E-state index contributed by atoms with van der Waals surface area (Å²) in [6.45, 7) is 2.59. The highest BCUT2D eigenvalue weighted by molar-refractivity contribution is 7.99. The number of para-hydroxylation sites is 1. The van der Waals surface area contributed by atoms with Crippen molar-refractivity contribution >= 4 is 29.4 Å². The van der Waals surface area contributed by atoms with Gasteiger partial charge in [-0.05, 0) is 52.9 Å². The van der Waals surface area contributed by atoms with Gasteiger partial charge < -0.3 is 4.90 Å². The van der Waals surface area contributed by atoms with E-state index in [1.807, 2.05) is 44.5 Å². The highest BCUT2D eigenvalue weighted by Crippen LogP contribution is 2.21. The molecule has 0 aliphatic rings. The molecule has 0 aliphatic carbocycles. The second kappa shape index (κ2) is 9.05. The Morgan fingerprint density at radius 2 is 1.89 bits per heavy atom. The molecule has 8 heteroatoms. The van der Waals surface area contributed by atoms with Crippen LogP contribution in [0.5, 0.6) is 0 Å². The molecule has 27 heavy (non-hydrogen) atoms. The molecule has 140 valence electrons. The Kier molecular flexibility index (Phi) is 6.52. The molecular formula is C19H21N5OS2. The summed E-state index contributed by atoms with van der Waals surface area (Å²) in [5, 5.41) is 12.5. The summed E-state index contributed by atoms with van der Waals surface area (Å²) in [6, 6.07) is 16.1. The van der Waals surface area contributed by atoms with Crippen molar-refractivity contribution in [1.29, 1.82) is 0 Å². The van der Waals surface area contributed by atoms with Crippen molar-refractivity contribution in [3.05, 3.63) is 59.7 Å². The molecule has 0 N–H and O–H groups in total. The quantitative estimate of drug-likeness (QED) is 0.567. The number of aromatic nitrogens is 4. The van der Waals surface area contributed by atoms with Gasteiger partial charge >= 0.3 is 0 Å². The monoisotopic (exact) mass is 399 g/mol. The van der Waals surface area contributed by atoms with Gasteiger partial charge in [-0.2, -0.15) is 4.68 Å². The van der Waals surface area contributed by atoms with E-state index in [1.165, 1.54) is 16.7 Å². The van der Waals surface area contributed by atoms with Gasteiger partial charge in [-0.25, -0.2) is 0 Å². The number of carbonyl (C=O) groups excluding carboxylic acids is 1. The first-order valence-electron chi connectivity index (χ1n) is 8.42. The third kappa shape index (κ3) is 4.90. The van der Waals surface area contributed by atoms with Crippen molar-refractivity contribution in [1.82, 2.24) is 25.1 Å². The molecule has 3 rings (SSSR count). The number of hydrogen-bond donors (Lipinski definition) is 0. The summed E-state index contributed by atoms with van der Waals surface area (Å²) in [5.74, 6) is 0.319. The molecule has 2 aromatic carbocycles. The third-order valence-electron chi connectivity index (χ3n) is 4.11. The number of rotatable bonds is 7. The van der Waals surface area contributed by atoms with Gasteiger partial charge in [0.05, 0.1) is 11.4 Å². The van der Waals surface area contributed by atoms with E-state index < -0.39 is 0 Å². The standard InChI is InChI=1S/C19H21N5OS2/c1-14-6-4-5-7-17(14)24-19(20-21-22-24)27-13-18(25)23(2)12-15-8-10-16(26-3)11-9-15/h4-11H,12-13H2,1-3H3. The van der Waals surface area contributed by atoms with E-state index >= 15 is 0 Å². The molecule has 0 bridgehead atoms. The Bertz CT molecular complexity index is 910. The third-order valence-corrected chi connectivity index (χ3v) is 5.76. The van der Waals surface area contributed by atoms with Crippen LogP contribution in [0, 0.1) is 6.92 Å². The molecule has 0 aliphatic heterocycles. The van der Waals surface area contributed by atoms with Crippen molar-refractivity contribution in [2.24, 2.45) is 0 Å². The van der Waals surface area contributed by atoms with E-state index in [4.69, 9.17) is 0 Å². The summed E-state index contributed by atoms with van der Waals surface area (Å²) in [4.78, 5) is 15.4. The van der Waals surface area contributed by atoms with Gasteiger partial charge in [-0.1, -0.05) is 42.1 Å². The predicted octanol–water partition coefficient (Wildman–Crippen LogP) is 3.44. The van der Waals surface area contributed by atoms with Crippen LogP contribution in [0.3, 0.4) is 0 Å². The minimum Gasteiger partial charge on any atom is -0.341 e. The first-order chi connectivity index (χ1) is 13.1. The molecule has 0 saturated carbocycles. The number of amides is 1. The Morgan fingerprint density at radius 1 is 1.15 bits per heavy atom. The fourth-order valence-corrected chi connectivity index (χ4v) is 3.78. The van der Waals surface area contributed by atoms with Crippen LogP contribution in [0.1, 0.15) is 11.1 Å². The fraction of sp³-hybridized carbons (Fsp3) is 0.263. The Labute approximate surface area is 167 Å². The van der Waals surface area contributed by atoms with Gasteiger partial charge in [-0.15, -0.1) is 16.9 Å². The average molecular weight is 400 g/mol. The number of nitrogens with zero attached hydrogens (tertiary/aromatic N) is 5. The molecule has 3 aromatic rings. The van der Waals surface area contributed by atoms with Crippen molar-refractivity contribution in [3.8, 4) is 5.69 Å². The zero-order valence-corrected chi connectivity index (χ0v) is 17.1. The second-order valence-electron chi connectivity index (χ2n) is 6.05. The zero-order valence-electron chi connectivity index (χ0n) is 15.5. The average Bonchev–Trinajstić information content (AvgIpc) is 3.15. The van der Waals surface area contributed by atoms with Gasteiger partial charge in [0, 0.05) is 18.5 Å². The Hall–Kier alpha value is -2.32. The molecule has 0 unspecified atom stereocenters. The normalized spacial score (nSPS) is 10.8. The van der Waals surface area contributed by atoms with Crippen LogP contribution in [-0.2, 0) is 11.3 Å². The van der Waals surface area contributed by atoms with E-state index in [1.54, 1.807) is 21.3 Å². The molecule has 0 fully saturated rings. The number of hydrogen-bond acceptors (Lipinski definition) is 6. The van der Waals surface area contributed by atoms with Crippen LogP contribution in [0.2, 0.25) is 0 Å². The SMILES string of the molecule is CSc1ccc(CN(C)C(=O)CSc2nnnn2-c2ccccc2C)cc1. The second-order valence-corrected chi connectivity index (χ2v) is 7.87. The number of thioether (sulfide) groups is 2.